The van der Waals surface area contributed by atoms with Crippen molar-refractivity contribution < 1.29 is 88.7 Å². The molecule has 2 aliphatic heterocycles. The summed E-state index contributed by atoms with van der Waals surface area (Å²) in [5.41, 5.74) is 6.45. The van der Waals surface area contributed by atoms with Crippen LogP contribution in [-0.2, 0) is 0 Å². The summed E-state index contributed by atoms with van der Waals surface area (Å²) in [5.74, 6) is 2.39. The van der Waals surface area contributed by atoms with E-state index < -0.39 is 0 Å². The quantitative estimate of drug-likeness (QED) is 0.198. The molecular weight excluding hydrogens is 565 g/mol. The topological polar surface area (TPSA) is 109 Å². The van der Waals surface area contributed by atoms with E-state index in [1.807, 2.05) is 97.1 Å². The van der Waals surface area contributed by atoms with Gasteiger partial charge in [-0.25, -0.2) is 29.9 Å². The zero-order chi connectivity index (χ0) is 26.2. The Hall–Kier alpha value is -2.76. The van der Waals surface area contributed by atoms with Gasteiger partial charge in [-0.1, -0.05) is 97.1 Å². The van der Waals surface area contributed by atoms with Crippen LogP contribution >= 0.6 is 0 Å². The number of rotatable bonds is 0. The second kappa shape index (κ2) is 12.0. The van der Waals surface area contributed by atoms with E-state index in [1.54, 1.807) is 0 Å². The summed E-state index contributed by atoms with van der Waals surface area (Å²) in [7, 11) is 0. The SMILES string of the molecule is [Na+].[Na+].[Na+].c1ccc2c(c1)-c1nc-2nc2[nH]c(nc3nc(nc4[nH]c(n1)c1ccccc41)-c1ccccc1-3)c1ccccc21. The van der Waals surface area contributed by atoms with Crippen LogP contribution in [0.4, 0.5) is 0 Å². The van der Waals surface area contributed by atoms with Gasteiger partial charge in [0.15, 0.2) is 23.3 Å². The van der Waals surface area contributed by atoms with Crippen LogP contribution in [0.3, 0.4) is 0 Å². The van der Waals surface area contributed by atoms with E-state index in [-0.39, 0.29) is 88.7 Å². The van der Waals surface area contributed by atoms with E-state index in [1.165, 1.54) is 0 Å². The first kappa shape index (κ1) is 30.3. The summed E-state index contributed by atoms with van der Waals surface area (Å²) in [5, 5.41) is 3.82. The van der Waals surface area contributed by atoms with Gasteiger partial charge in [-0.15, -0.1) is 0 Å². The van der Waals surface area contributed by atoms with Crippen molar-refractivity contribution in [2.45, 2.75) is 0 Å². The Kier molecular flexibility index (Phi) is 8.43. The van der Waals surface area contributed by atoms with Crippen molar-refractivity contribution in [3.63, 3.8) is 0 Å². The first-order valence-electron chi connectivity index (χ1n) is 13.0. The maximum absolute atomic E-state index is 5.02. The number of fused-ring (bicyclic) bond motifs is 20. The van der Waals surface area contributed by atoms with Crippen LogP contribution in [0, 0.1) is 0 Å². The molecule has 8 nitrogen and oxygen atoms in total. The Balaban J connectivity index is 0.00000110. The van der Waals surface area contributed by atoms with Gasteiger partial charge in [-0.2, -0.15) is 0 Å². The zero-order valence-corrected chi connectivity index (χ0v) is 29.9. The zero-order valence-electron chi connectivity index (χ0n) is 23.9. The predicted octanol–water partition coefficient (Wildman–Crippen LogP) is -2.12. The molecule has 0 saturated heterocycles. The third kappa shape index (κ3) is 4.91. The van der Waals surface area contributed by atoms with Crippen molar-refractivity contribution in [3.8, 4) is 45.6 Å². The standard InChI is InChI=1S/C32H18N8.3Na/c1-2-10-18-17(9-1)25-33-26(18)38-28-21-13-5-6-14-22(21)30(35-28)40-32-24-16-8-7-15-23(24)31(36-32)39-29-20-12-4-3-11-19(20)27(34-29)37-25;;;/h1-16H,(H2,33,34,35,36,37,38,39,40);;;/q;3*+1. The summed E-state index contributed by atoms with van der Waals surface area (Å²) < 4.78 is 0. The molecule has 11 heteroatoms. The monoisotopic (exact) mass is 583 g/mol. The smallest absolute Gasteiger partial charge is 0.324 e. The minimum atomic E-state index is 0. The van der Waals surface area contributed by atoms with Crippen molar-refractivity contribution in [1.82, 2.24) is 39.9 Å². The van der Waals surface area contributed by atoms with Crippen molar-refractivity contribution >= 4 is 44.1 Å². The molecule has 0 saturated carbocycles. The van der Waals surface area contributed by atoms with Crippen LogP contribution in [0.1, 0.15) is 0 Å². The van der Waals surface area contributed by atoms with E-state index in [2.05, 4.69) is 9.97 Å². The molecule has 9 rings (SSSR count). The van der Waals surface area contributed by atoms with Crippen LogP contribution in [0.25, 0.3) is 89.7 Å². The van der Waals surface area contributed by atoms with Gasteiger partial charge < -0.3 is 9.97 Å². The molecule has 0 unspecified atom stereocenters. The Labute approximate surface area is 311 Å². The molecule has 5 heterocycles. The molecule has 2 N–H and O–H groups in total. The predicted molar refractivity (Wildman–Crippen MR) is 156 cm³/mol. The number of nitrogens with one attached hydrogen (secondary N) is 2. The first-order chi connectivity index (χ1) is 19.8. The molecule has 3 aromatic heterocycles. The van der Waals surface area contributed by atoms with Gasteiger partial charge in [0.1, 0.15) is 22.6 Å². The van der Waals surface area contributed by atoms with E-state index in [9.17, 15) is 0 Å². The number of hydrogen-bond acceptors (Lipinski definition) is 6. The molecule has 8 bridgehead atoms. The summed E-state index contributed by atoms with van der Waals surface area (Å²) in [6.07, 6.45) is 0. The third-order valence-corrected chi connectivity index (χ3v) is 7.46. The maximum atomic E-state index is 5.02. The van der Waals surface area contributed by atoms with Crippen LogP contribution in [0.15, 0.2) is 97.1 Å². The first-order valence-corrected chi connectivity index (χ1v) is 13.0. The fourth-order valence-corrected chi connectivity index (χ4v) is 5.59. The van der Waals surface area contributed by atoms with E-state index >= 15 is 0 Å². The normalized spacial score (nSPS) is 11.2. The van der Waals surface area contributed by atoms with Gasteiger partial charge in [-0.05, 0) is 0 Å². The molecule has 0 radical (unpaired) electrons. The van der Waals surface area contributed by atoms with Gasteiger partial charge in [0, 0.05) is 43.8 Å². The second-order valence-electron chi connectivity index (χ2n) is 9.79. The minimum absolute atomic E-state index is 0. The fraction of sp³-hybridized carbons (Fsp3) is 0. The van der Waals surface area contributed by atoms with E-state index in [4.69, 9.17) is 29.9 Å². The Morgan fingerprint density at radius 3 is 0.791 bits per heavy atom. The van der Waals surface area contributed by atoms with Crippen molar-refractivity contribution in [3.05, 3.63) is 97.1 Å². The summed E-state index contributed by atoms with van der Waals surface area (Å²) in [6, 6.07) is 32.2. The van der Waals surface area contributed by atoms with Crippen molar-refractivity contribution in [2.24, 2.45) is 0 Å². The second-order valence-corrected chi connectivity index (χ2v) is 9.79. The molecule has 0 fully saturated rings. The number of aromatic nitrogens is 8. The molecule has 4 aromatic carbocycles. The van der Waals surface area contributed by atoms with Gasteiger partial charge in [-0.3, -0.25) is 0 Å². The summed E-state index contributed by atoms with van der Waals surface area (Å²) in [6.45, 7) is 0. The van der Waals surface area contributed by atoms with Gasteiger partial charge in [0.05, 0.1) is 0 Å². The Bertz CT molecular complexity index is 2040. The van der Waals surface area contributed by atoms with Crippen molar-refractivity contribution in [1.29, 1.82) is 0 Å². The number of nitrogens with zero attached hydrogens (tertiary/aromatic N) is 6. The fourth-order valence-electron chi connectivity index (χ4n) is 5.59. The number of hydrogen-bond donors (Lipinski definition) is 2. The maximum Gasteiger partial charge on any atom is 1.00 e. The molecule has 0 spiro atoms. The van der Waals surface area contributed by atoms with Crippen LogP contribution < -0.4 is 88.7 Å². The number of H-pyrrole nitrogens is 2. The van der Waals surface area contributed by atoms with Crippen LogP contribution in [0.5, 0.6) is 0 Å². The van der Waals surface area contributed by atoms with Crippen molar-refractivity contribution in [2.75, 3.05) is 0 Å². The summed E-state index contributed by atoms with van der Waals surface area (Å²) in [4.78, 5) is 36.8. The molecule has 0 aliphatic carbocycles. The number of aromatic amines is 2. The van der Waals surface area contributed by atoms with E-state index in [0.29, 0.717) is 45.9 Å². The largest absolute Gasteiger partial charge is 1.00 e. The van der Waals surface area contributed by atoms with Gasteiger partial charge in [0.25, 0.3) is 0 Å². The van der Waals surface area contributed by atoms with Crippen LogP contribution in [0.2, 0.25) is 0 Å². The summed E-state index contributed by atoms with van der Waals surface area (Å²) >= 11 is 0. The molecule has 2 aliphatic rings. The van der Waals surface area contributed by atoms with E-state index in [0.717, 1.165) is 43.8 Å². The third-order valence-electron chi connectivity index (χ3n) is 7.46. The Morgan fingerprint density at radius 1 is 0.302 bits per heavy atom. The molecule has 43 heavy (non-hydrogen) atoms. The number of benzene rings is 4. The average Bonchev–Trinajstić information content (AvgIpc) is 3.73. The van der Waals surface area contributed by atoms with Gasteiger partial charge >= 0.3 is 88.7 Å². The minimum Gasteiger partial charge on any atom is -0.324 e. The molecular formula is C32H18N8Na3+3. The Morgan fingerprint density at radius 2 is 0.535 bits per heavy atom. The average molecular weight is 584 g/mol. The van der Waals surface area contributed by atoms with Gasteiger partial charge in [0.2, 0.25) is 0 Å². The molecule has 0 amide bonds. The van der Waals surface area contributed by atoms with Crippen LogP contribution in [-0.4, -0.2) is 39.9 Å². The molecule has 7 aromatic rings. The molecule has 186 valence electrons. The molecule has 0 atom stereocenters.